The van der Waals surface area contributed by atoms with Crippen LogP contribution in [0.1, 0.15) is 15.4 Å². The molecule has 3 nitrogen and oxygen atoms in total. The van der Waals surface area contributed by atoms with Crippen LogP contribution in [0.4, 0.5) is 10.2 Å². The lowest BCUT2D eigenvalue weighted by molar-refractivity contribution is 0.103. The summed E-state index contributed by atoms with van der Waals surface area (Å²) >= 11 is 4.62. The number of carbonyl (C=O) groups excluding carboxylic acids is 1. The zero-order valence-corrected chi connectivity index (χ0v) is 13.4. The average molecular weight is 365 g/mol. The minimum atomic E-state index is -0.304. The normalized spacial score (nSPS) is 10.8. The highest BCUT2D eigenvalue weighted by molar-refractivity contribution is 9.10. The van der Waals surface area contributed by atoms with Crippen LogP contribution >= 0.6 is 27.3 Å². The monoisotopic (exact) mass is 364 g/mol. The topological polar surface area (TPSA) is 42.0 Å². The van der Waals surface area contributed by atoms with Gasteiger partial charge in [0.05, 0.1) is 10.6 Å². The number of hydrogen-bond acceptors (Lipinski definition) is 3. The molecule has 3 rings (SSSR count). The number of anilines is 1. The van der Waals surface area contributed by atoms with Gasteiger partial charge in [0.15, 0.2) is 0 Å². The lowest BCUT2D eigenvalue weighted by Gasteiger charge is -2.04. The fourth-order valence-corrected chi connectivity index (χ4v) is 3.11. The third-order valence-electron chi connectivity index (χ3n) is 2.97. The van der Waals surface area contributed by atoms with E-state index in [-0.39, 0.29) is 11.7 Å². The van der Waals surface area contributed by atoms with Crippen LogP contribution in [-0.4, -0.2) is 10.9 Å². The van der Waals surface area contributed by atoms with Crippen molar-refractivity contribution in [1.82, 2.24) is 4.98 Å². The van der Waals surface area contributed by atoms with Gasteiger partial charge in [0, 0.05) is 9.17 Å². The number of benzene rings is 1. The highest BCUT2D eigenvalue weighted by Gasteiger charge is 2.12. The summed E-state index contributed by atoms with van der Waals surface area (Å²) in [6, 6.07) is 9.79. The number of carbonyl (C=O) groups is 1. The van der Waals surface area contributed by atoms with Gasteiger partial charge in [-0.15, -0.1) is 11.3 Å². The Morgan fingerprint density at radius 3 is 2.86 bits per heavy atom. The Morgan fingerprint density at radius 1 is 1.29 bits per heavy atom. The predicted octanol–water partition coefficient (Wildman–Crippen LogP) is 4.76. The highest BCUT2D eigenvalue weighted by Crippen LogP contribution is 2.27. The SMILES string of the molecule is Cc1nc(NC(=O)c2cc3ccc(F)cc3s2)ccc1Br. The fraction of sp³-hybridized carbons (Fsp3) is 0.0667. The lowest BCUT2D eigenvalue weighted by Crippen LogP contribution is -2.11. The van der Waals surface area contributed by atoms with Gasteiger partial charge in [-0.05, 0) is 58.6 Å². The van der Waals surface area contributed by atoms with Gasteiger partial charge in [-0.2, -0.15) is 0 Å². The first-order chi connectivity index (χ1) is 10.0. The maximum Gasteiger partial charge on any atom is 0.266 e. The van der Waals surface area contributed by atoms with Crippen molar-refractivity contribution >= 4 is 49.1 Å². The number of nitrogens with one attached hydrogen (secondary N) is 1. The summed E-state index contributed by atoms with van der Waals surface area (Å²) in [7, 11) is 0. The maximum absolute atomic E-state index is 13.2. The summed E-state index contributed by atoms with van der Waals surface area (Å²) in [6.45, 7) is 1.85. The van der Waals surface area contributed by atoms with Crippen molar-refractivity contribution in [3.63, 3.8) is 0 Å². The molecule has 1 N–H and O–H groups in total. The van der Waals surface area contributed by atoms with E-state index in [4.69, 9.17) is 0 Å². The molecule has 0 aliphatic heterocycles. The molecular weight excluding hydrogens is 355 g/mol. The van der Waals surface area contributed by atoms with Crippen molar-refractivity contribution in [3.05, 3.63) is 57.3 Å². The summed E-state index contributed by atoms with van der Waals surface area (Å²) < 4.78 is 14.8. The zero-order chi connectivity index (χ0) is 15.0. The number of aryl methyl sites for hydroxylation is 1. The van der Waals surface area contributed by atoms with E-state index in [1.54, 1.807) is 18.2 Å². The fourth-order valence-electron chi connectivity index (χ4n) is 1.91. The minimum Gasteiger partial charge on any atom is -0.306 e. The first-order valence-electron chi connectivity index (χ1n) is 6.16. The van der Waals surface area contributed by atoms with Gasteiger partial charge in [-0.3, -0.25) is 4.79 Å². The van der Waals surface area contributed by atoms with E-state index in [1.165, 1.54) is 23.5 Å². The summed E-state index contributed by atoms with van der Waals surface area (Å²) in [5.41, 5.74) is 0.797. The van der Waals surface area contributed by atoms with E-state index in [2.05, 4.69) is 26.2 Å². The Kier molecular flexibility index (Phi) is 3.73. The number of fused-ring (bicyclic) bond motifs is 1. The summed E-state index contributed by atoms with van der Waals surface area (Å²) in [5, 5.41) is 3.60. The lowest BCUT2D eigenvalue weighted by atomic mass is 10.2. The molecular formula is C15H10BrFN2OS. The molecule has 1 amide bonds. The molecule has 0 radical (unpaired) electrons. The number of rotatable bonds is 2. The van der Waals surface area contributed by atoms with Crippen molar-refractivity contribution in [2.75, 3.05) is 5.32 Å². The van der Waals surface area contributed by atoms with Crippen LogP contribution in [0.2, 0.25) is 0 Å². The Balaban J connectivity index is 1.87. The van der Waals surface area contributed by atoms with Gasteiger partial charge in [-0.25, -0.2) is 9.37 Å². The molecule has 21 heavy (non-hydrogen) atoms. The van der Waals surface area contributed by atoms with Gasteiger partial charge in [0.25, 0.3) is 5.91 Å². The highest BCUT2D eigenvalue weighted by atomic mass is 79.9. The van der Waals surface area contributed by atoms with Gasteiger partial charge in [0.1, 0.15) is 11.6 Å². The summed E-state index contributed by atoms with van der Waals surface area (Å²) in [4.78, 5) is 17.0. The molecule has 2 heterocycles. The number of thiophene rings is 1. The largest absolute Gasteiger partial charge is 0.306 e. The molecule has 0 saturated carbocycles. The molecule has 0 saturated heterocycles. The smallest absolute Gasteiger partial charge is 0.266 e. The number of halogens is 2. The van der Waals surface area contributed by atoms with E-state index >= 15 is 0 Å². The molecule has 0 spiro atoms. The summed E-state index contributed by atoms with van der Waals surface area (Å²) in [6.07, 6.45) is 0. The Morgan fingerprint density at radius 2 is 2.10 bits per heavy atom. The Hall–Kier alpha value is -1.79. The number of hydrogen-bond donors (Lipinski definition) is 1. The molecule has 1 aromatic carbocycles. The zero-order valence-electron chi connectivity index (χ0n) is 11.0. The van der Waals surface area contributed by atoms with E-state index in [0.717, 1.165) is 20.3 Å². The van der Waals surface area contributed by atoms with Gasteiger partial charge in [0.2, 0.25) is 0 Å². The number of pyridine rings is 1. The van der Waals surface area contributed by atoms with Gasteiger partial charge in [-0.1, -0.05) is 6.07 Å². The molecule has 2 aromatic heterocycles. The molecule has 106 valence electrons. The molecule has 3 aromatic rings. The van der Waals surface area contributed by atoms with Crippen LogP contribution in [-0.2, 0) is 0 Å². The number of nitrogens with zero attached hydrogens (tertiary/aromatic N) is 1. The van der Waals surface area contributed by atoms with Crippen molar-refractivity contribution < 1.29 is 9.18 Å². The molecule has 0 aliphatic carbocycles. The quantitative estimate of drug-likeness (QED) is 0.712. The van der Waals surface area contributed by atoms with Crippen molar-refractivity contribution in [1.29, 1.82) is 0 Å². The van der Waals surface area contributed by atoms with Crippen molar-refractivity contribution in [3.8, 4) is 0 Å². The maximum atomic E-state index is 13.2. The molecule has 0 atom stereocenters. The van der Waals surface area contributed by atoms with Gasteiger partial charge >= 0.3 is 0 Å². The molecule has 6 heteroatoms. The van der Waals surface area contributed by atoms with Crippen LogP contribution in [0.15, 0.2) is 40.9 Å². The number of aromatic nitrogens is 1. The van der Waals surface area contributed by atoms with Crippen LogP contribution in [0.25, 0.3) is 10.1 Å². The second-order valence-electron chi connectivity index (χ2n) is 4.51. The van der Waals surface area contributed by atoms with Gasteiger partial charge < -0.3 is 5.32 Å². The van der Waals surface area contributed by atoms with E-state index in [0.29, 0.717) is 10.7 Å². The van der Waals surface area contributed by atoms with Crippen LogP contribution in [0.5, 0.6) is 0 Å². The second kappa shape index (κ2) is 5.54. The average Bonchev–Trinajstić information content (AvgIpc) is 2.86. The van der Waals surface area contributed by atoms with E-state index in [9.17, 15) is 9.18 Å². The third-order valence-corrected chi connectivity index (χ3v) is 4.90. The standard InChI is InChI=1S/C15H10BrFN2OS/c1-8-11(16)4-5-14(18-8)19-15(20)13-6-9-2-3-10(17)7-12(9)21-13/h2-7H,1H3,(H,18,19,20). The third kappa shape index (κ3) is 2.96. The van der Waals surface area contributed by atoms with E-state index in [1.807, 2.05) is 13.0 Å². The summed E-state index contributed by atoms with van der Waals surface area (Å²) in [5.74, 6) is -0.0586. The Labute approximate surface area is 133 Å². The molecule has 0 aliphatic rings. The Bertz CT molecular complexity index is 847. The van der Waals surface area contributed by atoms with Crippen LogP contribution in [0, 0.1) is 12.7 Å². The minimum absolute atomic E-state index is 0.245. The first-order valence-corrected chi connectivity index (χ1v) is 7.77. The van der Waals surface area contributed by atoms with E-state index < -0.39 is 0 Å². The van der Waals surface area contributed by atoms with Crippen molar-refractivity contribution in [2.24, 2.45) is 0 Å². The predicted molar refractivity (Wildman–Crippen MR) is 86.4 cm³/mol. The molecule has 0 fully saturated rings. The number of amides is 1. The first kappa shape index (κ1) is 14.2. The second-order valence-corrected chi connectivity index (χ2v) is 6.45. The molecule has 0 bridgehead atoms. The van der Waals surface area contributed by atoms with Crippen LogP contribution < -0.4 is 5.32 Å². The van der Waals surface area contributed by atoms with Crippen LogP contribution in [0.3, 0.4) is 0 Å². The van der Waals surface area contributed by atoms with Crippen molar-refractivity contribution in [2.45, 2.75) is 6.92 Å². The molecule has 0 unspecified atom stereocenters.